The summed E-state index contributed by atoms with van der Waals surface area (Å²) in [7, 11) is 0. The number of carbonyl (C=O) groups excluding carboxylic acids is 1. The maximum atomic E-state index is 13.5. The molecule has 1 aromatic carbocycles. The van der Waals surface area contributed by atoms with Gasteiger partial charge in [0, 0.05) is 4.88 Å². The van der Waals surface area contributed by atoms with E-state index in [2.05, 4.69) is 6.92 Å². The number of rotatable bonds is 8. The van der Waals surface area contributed by atoms with E-state index in [1.807, 2.05) is 31.2 Å². The van der Waals surface area contributed by atoms with Crippen molar-refractivity contribution < 1.29 is 9.53 Å². The predicted octanol–water partition coefficient (Wildman–Crippen LogP) is 5.07. The third-order valence-electron chi connectivity index (χ3n) is 5.33. The highest BCUT2D eigenvalue weighted by Crippen LogP contribution is 2.36. The Morgan fingerprint density at radius 1 is 1.23 bits per heavy atom. The molecule has 0 radical (unpaired) electrons. The lowest BCUT2D eigenvalue weighted by molar-refractivity contribution is -0.140. The van der Waals surface area contributed by atoms with Crippen LogP contribution in [0.1, 0.15) is 48.6 Å². The molecule has 1 aliphatic rings. The number of aryl methyl sites for hydroxylation is 3. The Morgan fingerprint density at radius 3 is 2.80 bits per heavy atom. The molecule has 0 spiro atoms. The molecule has 3 aromatic rings. The molecule has 2 heterocycles. The molecule has 0 N–H and O–H groups in total. The van der Waals surface area contributed by atoms with Crippen molar-refractivity contribution in [2.24, 2.45) is 0 Å². The number of unbranched alkanes of at least 4 members (excludes halogenated alkanes) is 2. The van der Waals surface area contributed by atoms with Gasteiger partial charge in [0.25, 0.3) is 5.56 Å². The average molecular weight is 443 g/mol. The van der Waals surface area contributed by atoms with E-state index in [4.69, 9.17) is 9.72 Å². The summed E-state index contributed by atoms with van der Waals surface area (Å²) in [6, 6.07) is 7.84. The summed E-state index contributed by atoms with van der Waals surface area (Å²) in [5.74, 6) is -0.129. The van der Waals surface area contributed by atoms with Gasteiger partial charge in [-0.3, -0.25) is 14.2 Å². The van der Waals surface area contributed by atoms with Crippen LogP contribution in [0.15, 0.2) is 34.2 Å². The summed E-state index contributed by atoms with van der Waals surface area (Å²) in [6.45, 7) is 4.58. The molecule has 0 saturated carbocycles. The lowest BCUT2D eigenvalue weighted by Crippen LogP contribution is -2.22. The number of carbonyl (C=O) groups is 1. The van der Waals surface area contributed by atoms with Gasteiger partial charge in [-0.25, -0.2) is 4.98 Å². The number of hydrogen-bond acceptors (Lipinski definition) is 6. The summed E-state index contributed by atoms with van der Waals surface area (Å²) in [6.07, 6.45) is 6.08. The Kier molecular flexibility index (Phi) is 6.58. The molecule has 0 unspecified atom stereocenters. The Morgan fingerprint density at radius 2 is 2.03 bits per heavy atom. The fraction of sp³-hybridized carbons (Fsp3) is 0.435. The van der Waals surface area contributed by atoms with Crippen molar-refractivity contribution in [3.8, 4) is 5.69 Å². The highest BCUT2D eigenvalue weighted by atomic mass is 32.2. The van der Waals surface area contributed by atoms with Crippen LogP contribution in [0.5, 0.6) is 0 Å². The van der Waals surface area contributed by atoms with Crippen LogP contribution in [0.25, 0.3) is 15.9 Å². The summed E-state index contributed by atoms with van der Waals surface area (Å²) >= 11 is 2.89. The van der Waals surface area contributed by atoms with E-state index in [0.29, 0.717) is 11.8 Å². The zero-order valence-electron chi connectivity index (χ0n) is 17.4. The number of thiophene rings is 1. The molecule has 7 heteroatoms. The maximum absolute atomic E-state index is 13.5. The van der Waals surface area contributed by atoms with Crippen LogP contribution in [0.2, 0.25) is 0 Å². The first-order chi connectivity index (χ1) is 14.6. The van der Waals surface area contributed by atoms with Crippen LogP contribution in [-0.2, 0) is 22.4 Å². The van der Waals surface area contributed by atoms with E-state index in [9.17, 15) is 9.59 Å². The molecule has 0 amide bonds. The molecule has 0 atom stereocenters. The van der Waals surface area contributed by atoms with Crippen LogP contribution in [-0.4, -0.2) is 27.9 Å². The summed E-state index contributed by atoms with van der Waals surface area (Å²) in [5, 5.41) is 1.29. The summed E-state index contributed by atoms with van der Waals surface area (Å²) in [4.78, 5) is 32.6. The number of esters is 1. The predicted molar refractivity (Wildman–Crippen MR) is 123 cm³/mol. The molecule has 5 nitrogen and oxygen atoms in total. The highest BCUT2D eigenvalue weighted by Gasteiger charge is 2.24. The third-order valence-corrected chi connectivity index (χ3v) is 7.43. The zero-order chi connectivity index (χ0) is 21.1. The van der Waals surface area contributed by atoms with Crippen LogP contribution >= 0.6 is 23.1 Å². The Labute approximate surface area is 184 Å². The maximum Gasteiger partial charge on any atom is 0.316 e. The molecule has 30 heavy (non-hydrogen) atoms. The number of ether oxygens (including phenoxy) is 1. The normalized spacial score (nSPS) is 13.0. The molecule has 4 rings (SSSR count). The quantitative estimate of drug-likeness (QED) is 0.211. The number of hydrogen-bond donors (Lipinski definition) is 0. The van der Waals surface area contributed by atoms with Gasteiger partial charge in [0.2, 0.25) is 0 Å². The van der Waals surface area contributed by atoms with Gasteiger partial charge in [0.05, 0.1) is 23.4 Å². The van der Waals surface area contributed by atoms with E-state index in [1.165, 1.54) is 22.2 Å². The first kappa shape index (κ1) is 21.1. The van der Waals surface area contributed by atoms with E-state index >= 15 is 0 Å². The molecular formula is C23H26N2O3S2. The van der Waals surface area contributed by atoms with Crippen molar-refractivity contribution in [3.63, 3.8) is 0 Å². The molecule has 0 bridgehead atoms. The minimum Gasteiger partial charge on any atom is -0.465 e. The van der Waals surface area contributed by atoms with Crippen molar-refractivity contribution in [2.75, 3.05) is 12.4 Å². The van der Waals surface area contributed by atoms with Gasteiger partial charge in [-0.15, -0.1) is 11.3 Å². The second-order valence-electron chi connectivity index (χ2n) is 7.62. The minimum absolute atomic E-state index is 0.0398. The molecule has 2 aromatic heterocycles. The molecule has 1 aliphatic carbocycles. The monoisotopic (exact) mass is 442 g/mol. The van der Waals surface area contributed by atoms with Crippen molar-refractivity contribution in [1.82, 2.24) is 9.55 Å². The topological polar surface area (TPSA) is 61.2 Å². The van der Waals surface area contributed by atoms with Gasteiger partial charge >= 0.3 is 5.97 Å². The Hall–Kier alpha value is -2.12. The van der Waals surface area contributed by atoms with Crippen molar-refractivity contribution in [3.05, 3.63) is 50.6 Å². The number of nitrogens with zero attached hydrogens (tertiary/aromatic N) is 2. The first-order valence-corrected chi connectivity index (χ1v) is 12.3. The van der Waals surface area contributed by atoms with Crippen molar-refractivity contribution in [1.29, 1.82) is 0 Å². The van der Waals surface area contributed by atoms with Crippen molar-refractivity contribution >= 4 is 39.3 Å². The van der Waals surface area contributed by atoms with Gasteiger partial charge < -0.3 is 4.74 Å². The lowest BCUT2D eigenvalue weighted by atomic mass is 10.2. The van der Waals surface area contributed by atoms with Crippen LogP contribution in [0.3, 0.4) is 0 Å². The van der Waals surface area contributed by atoms with E-state index in [-0.39, 0.29) is 17.3 Å². The first-order valence-electron chi connectivity index (χ1n) is 10.5. The standard InChI is InChI=1S/C23H26N2O3S2/c1-3-4-5-13-28-19(26)14-29-23-24-21-20(17-7-6-8-18(17)30-21)22(27)25(23)16-11-9-15(2)10-12-16/h9-12H,3-8,13-14H2,1-2H3. The van der Waals surface area contributed by atoms with E-state index < -0.39 is 0 Å². The average Bonchev–Trinajstić information content (AvgIpc) is 3.31. The van der Waals surface area contributed by atoms with Crippen LogP contribution in [0, 0.1) is 6.92 Å². The molecule has 0 aliphatic heterocycles. The van der Waals surface area contributed by atoms with Gasteiger partial charge in [-0.1, -0.05) is 49.2 Å². The molecular weight excluding hydrogens is 416 g/mol. The third kappa shape index (κ3) is 4.32. The lowest BCUT2D eigenvalue weighted by Gasteiger charge is -2.12. The van der Waals surface area contributed by atoms with Crippen LogP contribution in [0.4, 0.5) is 0 Å². The van der Waals surface area contributed by atoms with Gasteiger partial charge in [-0.05, 0) is 50.3 Å². The van der Waals surface area contributed by atoms with Gasteiger partial charge in [0.15, 0.2) is 5.16 Å². The smallest absolute Gasteiger partial charge is 0.316 e. The number of aromatic nitrogens is 2. The van der Waals surface area contributed by atoms with Crippen molar-refractivity contribution in [2.45, 2.75) is 57.5 Å². The van der Waals surface area contributed by atoms with E-state index in [1.54, 1.807) is 15.9 Å². The zero-order valence-corrected chi connectivity index (χ0v) is 19.0. The van der Waals surface area contributed by atoms with Crippen LogP contribution < -0.4 is 5.56 Å². The Balaban J connectivity index is 1.67. The fourth-order valence-electron chi connectivity index (χ4n) is 3.75. The highest BCUT2D eigenvalue weighted by molar-refractivity contribution is 7.99. The van der Waals surface area contributed by atoms with E-state index in [0.717, 1.165) is 60.0 Å². The number of fused-ring (bicyclic) bond motifs is 3. The second-order valence-corrected chi connectivity index (χ2v) is 9.65. The van der Waals surface area contributed by atoms with Gasteiger partial charge in [0.1, 0.15) is 4.83 Å². The summed E-state index contributed by atoms with van der Waals surface area (Å²) in [5.41, 5.74) is 3.03. The number of thioether (sulfide) groups is 1. The number of benzene rings is 1. The second kappa shape index (κ2) is 9.35. The largest absolute Gasteiger partial charge is 0.465 e. The molecule has 0 saturated heterocycles. The SMILES string of the molecule is CCCCCOC(=O)CSc1nc2sc3c(c2c(=O)n1-c1ccc(C)cc1)CCC3. The Bertz CT molecular complexity index is 1120. The molecule has 158 valence electrons. The molecule has 0 fully saturated rings. The minimum atomic E-state index is -0.269. The fourth-order valence-corrected chi connectivity index (χ4v) is 5.86. The summed E-state index contributed by atoms with van der Waals surface area (Å²) < 4.78 is 6.98. The van der Waals surface area contributed by atoms with Gasteiger partial charge in [-0.2, -0.15) is 0 Å².